The Morgan fingerprint density at radius 3 is 2.56 bits per heavy atom. The zero-order chi connectivity index (χ0) is 18.4. The Morgan fingerprint density at radius 2 is 1.96 bits per heavy atom. The number of piperidine rings is 1. The van der Waals surface area contributed by atoms with Gasteiger partial charge in [-0.3, -0.25) is 0 Å². The van der Waals surface area contributed by atoms with Crippen molar-refractivity contribution in [3.05, 3.63) is 24.3 Å². The van der Waals surface area contributed by atoms with Crippen LogP contribution in [-0.4, -0.2) is 41.3 Å². The molecule has 0 aliphatic carbocycles. The third-order valence-corrected chi connectivity index (χ3v) is 4.27. The lowest BCUT2D eigenvalue weighted by Crippen LogP contribution is -2.44. The predicted octanol–water partition coefficient (Wildman–Crippen LogP) is 3.20. The molecule has 0 radical (unpaired) electrons. The molecule has 1 aromatic carbocycles. The lowest BCUT2D eigenvalue weighted by atomic mass is 9.97. The van der Waals surface area contributed by atoms with E-state index in [1.54, 1.807) is 4.90 Å². The van der Waals surface area contributed by atoms with Crippen LogP contribution in [0.5, 0.6) is 0 Å². The maximum atomic E-state index is 12.1. The molecule has 25 heavy (non-hydrogen) atoms. The summed E-state index contributed by atoms with van der Waals surface area (Å²) in [5, 5.41) is 6.92. The Balaban J connectivity index is 1.71. The summed E-state index contributed by atoms with van der Waals surface area (Å²) < 4.78 is 5.42. The van der Waals surface area contributed by atoms with E-state index in [-0.39, 0.29) is 6.09 Å². The molecule has 0 aromatic heterocycles. The van der Waals surface area contributed by atoms with Crippen molar-refractivity contribution in [2.75, 3.05) is 30.7 Å². The number of nitrogen functional groups attached to an aromatic ring is 1. The van der Waals surface area contributed by atoms with E-state index in [0.717, 1.165) is 25.1 Å². The molecule has 1 aromatic rings. The van der Waals surface area contributed by atoms with Gasteiger partial charge in [0.1, 0.15) is 5.60 Å². The maximum absolute atomic E-state index is 12.1. The van der Waals surface area contributed by atoms with Crippen LogP contribution in [0, 0.1) is 5.92 Å². The van der Waals surface area contributed by atoms with Gasteiger partial charge in [-0.15, -0.1) is 0 Å². The molecule has 0 saturated carbocycles. The van der Waals surface area contributed by atoms with Gasteiger partial charge in [0.05, 0.1) is 11.4 Å². The van der Waals surface area contributed by atoms with Crippen LogP contribution < -0.4 is 16.4 Å². The summed E-state index contributed by atoms with van der Waals surface area (Å²) in [6.45, 7) is 7.86. The molecular weight excluding hydrogens is 336 g/mol. The molecule has 6 nitrogen and oxygen atoms in total. The molecule has 2 rings (SSSR count). The van der Waals surface area contributed by atoms with Crippen LogP contribution in [-0.2, 0) is 4.74 Å². The van der Waals surface area contributed by atoms with E-state index < -0.39 is 5.60 Å². The third-order valence-electron chi connectivity index (χ3n) is 4.03. The van der Waals surface area contributed by atoms with Crippen molar-refractivity contribution in [3.63, 3.8) is 0 Å². The summed E-state index contributed by atoms with van der Waals surface area (Å²) in [4.78, 5) is 13.8. The average molecular weight is 365 g/mol. The third kappa shape index (κ3) is 6.42. The van der Waals surface area contributed by atoms with Gasteiger partial charge in [0.25, 0.3) is 0 Å². The first kappa shape index (κ1) is 19.3. The molecule has 0 atom stereocenters. The Bertz CT molecular complexity index is 607. The largest absolute Gasteiger partial charge is 0.444 e. The van der Waals surface area contributed by atoms with E-state index in [2.05, 4.69) is 10.6 Å². The van der Waals surface area contributed by atoms with E-state index in [1.807, 2.05) is 45.0 Å². The SMILES string of the molecule is CC(C)(C)OC(=O)N1CCC(CNC(=S)Nc2ccccc2N)CC1. The Morgan fingerprint density at radius 1 is 1.32 bits per heavy atom. The van der Waals surface area contributed by atoms with Crippen LogP contribution in [0.15, 0.2) is 24.3 Å². The number of carbonyl (C=O) groups is 1. The summed E-state index contributed by atoms with van der Waals surface area (Å²) in [6.07, 6.45) is 1.64. The molecule has 0 bridgehead atoms. The highest BCUT2D eigenvalue weighted by Gasteiger charge is 2.26. The number of carbonyl (C=O) groups excluding carboxylic acids is 1. The van der Waals surface area contributed by atoms with Crippen molar-refractivity contribution in [2.24, 2.45) is 5.92 Å². The lowest BCUT2D eigenvalue weighted by Gasteiger charge is -2.33. The van der Waals surface area contributed by atoms with Crippen molar-refractivity contribution in [1.82, 2.24) is 10.2 Å². The Hall–Kier alpha value is -2.02. The second kappa shape index (κ2) is 8.38. The maximum Gasteiger partial charge on any atom is 0.410 e. The number of nitrogens with two attached hydrogens (primary N) is 1. The fourth-order valence-corrected chi connectivity index (χ4v) is 2.85. The van der Waals surface area contributed by atoms with Crippen LogP contribution in [0.1, 0.15) is 33.6 Å². The second-order valence-corrected chi connectivity index (χ2v) is 7.74. The number of thiocarbonyl (C=S) groups is 1. The number of nitrogens with one attached hydrogen (secondary N) is 2. The normalized spacial score (nSPS) is 15.6. The van der Waals surface area contributed by atoms with E-state index in [4.69, 9.17) is 22.7 Å². The summed E-state index contributed by atoms with van der Waals surface area (Å²) in [5.74, 6) is 0.478. The summed E-state index contributed by atoms with van der Waals surface area (Å²) in [6, 6.07) is 7.52. The fraction of sp³-hybridized carbons (Fsp3) is 0.556. The standard InChI is InChI=1S/C18H28N4O2S/c1-18(2,3)24-17(23)22-10-8-13(9-11-22)12-20-16(25)21-15-7-5-4-6-14(15)19/h4-7,13H,8-12,19H2,1-3H3,(H2,20,21,25). The van der Waals surface area contributed by atoms with Crippen LogP contribution in [0.4, 0.5) is 16.2 Å². The molecule has 1 aliphatic rings. The van der Waals surface area contributed by atoms with E-state index in [0.29, 0.717) is 29.8 Å². The average Bonchev–Trinajstić information content (AvgIpc) is 2.54. The first-order valence-corrected chi connectivity index (χ1v) is 9.03. The topological polar surface area (TPSA) is 79.6 Å². The van der Waals surface area contributed by atoms with Crippen LogP contribution in [0.25, 0.3) is 0 Å². The summed E-state index contributed by atoms with van der Waals surface area (Å²) in [5.41, 5.74) is 6.91. The highest BCUT2D eigenvalue weighted by atomic mass is 32.1. The van der Waals surface area contributed by atoms with Gasteiger partial charge in [-0.1, -0.05) is 12.1 Å². The molecule has 7 heteroatoms. The molecule has 1 fully saturated rings. The Labute approximate surface area is 155 Å². The van der Waals surface area contributed by atoms with Gasteiger partial charge in [0, 0.05) is 19.6 Å². The lowest BCUT2D eigenvalue weighted by molar-refractivity contribution is 0.0185. The second-order valence-electron chi connectivity index (χ2n) is 7.33. The minimum atomic E-state index is -0.452. The first-order chi connectivity index (χ1) is 11.7. The number of nitrogens with zero attached hydrogens (tertiary/aromatic N) is 1. The highest BCUT2D eigenvalue weighted by Crippen LogP contribution is 2.20. The van der Waals surface area contributed by atoms with Gasteiger partial charge < -0.3 is 26.0 Å². The quantitative estimate of drug-likeness (QED) is 0.565. The van der Waals surface area contributed by atoms with Crippen LogP contribution in [0.2, 0.25) is 0 Å². The van der Waals surface area contributed by atoms with Crippen molar-refractivity contribution < 1.29 is 9.53 Å². The van der Waals surface area contributed by atoms with Gasteiger partial charge in [0.15, 0.2) is 5.11 Å². The van der Waals surface area contributed by atoms with Gasteiger partial charge in [0.2, 0.25) is 0 Å². The summed E-state index contributed by atoms with van der Waals surface area (Å²) >= 11 is 5.33. The monoisotopic (exact) mass is 364 g/mol. The number of hydrogen-bond donors (Lipinski definition) is 3. The number of likely N-dealkylation sites (tertiary alicyclic amines) is 1. The minimum Gasteiger partial charge on any atom is -0.444 e. The summed E-state index contributed by atoms with van der Waals surface area (Å²) in [7, 11) is 0. The van der Waals surface area contributed by atoms with Crippen molar-refractivity contribution >= 4 is 34.8 Å². The smallest absolute Gasteiger partial charge is 0.410 e. The van der Waals surface area contributed by atoms with E-state index in [9.17, 15) is 4.79 Å². The van der Waals surface area contributed by atoms with Gasteiger partial charge in [-0.05, 0) is 63.9 Å². The zero-order valence-corrected chi connectivity index (χ0v) is 16.0. The molecule has 1 amide bonds. The van der Waals surface area contributed by atoms with Gasteiger partial charge >= 0.3 is 6.09 Å². The molecule has 1 saturated heterocycles. The molecule has 1 aliphatic heterocycles. The highest BCUT2D eigenvalue weighted by molar-refractivity contribution is 7.80. The zero-order valence-electron chi connectivity index (χ0n) is 15.2. The molecular formula is C18H28N4O2S. The van der Waals surface area contributed by atoms with Crippen molar-refractivity contribution in [2.45, 2.75) is 39.2 Å². The van der Waals surface area contributed by atoms with Crippen LogP contribution >= 0.6 is 12.2 Å². The number of hydrogen-bond acceptors (Lipinski definition) is 4. The molecule has 138 valence electrons. The van der Waals surface area contributed by atoms with Gasteiger partial charge in [-0.25, -0.2) is 4.79 Å². The molecule has 1 heterocycles. The predicted molar refractivity (Wildman–Crippen MR) is 106 cm³/mol. The van der Waals surface area contributed by atoms with Crippen LogP contribution in [0.3, 0.4) is 0 Å². The van der Waals surface area contributed by atoms with Crippen molar-refractivity contribution in [1.29, 1.82) is 0 Å². The minimum absolute atomic E-state index is 0.226. The number of rotatable bonds is 3. The molecule has 0 unspecified atom stereocenters. The first-order valence-electron chi connectivity index (χ1n) is 8.62. The molecule has 0 spiro atoms. The number of amides is 1. The van der Waals surface area contributed by atoms with Crippen molar-refractivity contribution in [3.8, 4) is 0 Å². The number of para-hydroxylation sites is 2. The Kier molecular flexibility index (Phi) is 6.47. The van der Waals surface area contributed by atoms with E-state index in [1.165, 1.54) is 0 Å². The van der Waals surface area contributed by atoms with Gasteiger partial charge in [-0.2, -0.15) is 0 Å². The molecule has 4 N–H and O–H groups in total. The number of benzene rings is 1. The number of ether oxygens (including phenoxy) is 1. The fourth-order valence-electron chi connectivity index (χ4n) is 2.66. The van der Waals surface area contributed by atoms with E-state index >= 15 is 0 Å². The number of anilines is 2.